The summed E-state index contributed by atoms with van der Waals surface area (Å²) < 4.78 is 32.2. The lowest BCUT2D eigenvalue weighted by Gasteiger charge is -2.13. The van der Waals surface area contributed by atoms with Crippen LogP contribution in [-0.2, 0) is 17.0 Å². The molecule has 2 aromatic rings. The molecule has 1 atom stereocenters. The van der Waals surface area contributed by atoms with Crippen molar-refractivity contribution in [3.05, 3.63) is 64.2 Å². The molecule has 0 saturated carbocycles. The Morgan fingerprint density at radius 3 is 2.61 bits per heavy atom. The first-order valence-electron chi connectivity index (χ1n) is 8.90. The second-order valence-corrected chi connectivity index (χ2v) is 7.40. The Morgan fingerprint density at radius 2 is 1.96 bits per heavy atom. The van der Waals surface area contributed by atoms with Gasteiger partial charge in [0.1, 0.15) is 6.61 Å². The summed E-state index contributed by atoms with van der Waals surface area (Å²) in [6.45, 7) is 6.48. The largest absolute Gasteiger partial charge is 0.457 e. The van der Waals surface area contributed by atoms with Crippen molar-refractivity contribution in [2.75, 3.05) is 13.6 Å². The molecular formula is C21H25F2N2O2P. The molecule has 0 spiro atoms. The van der Waals surface area contributed by atoms with Gasteiger partial charge in [0.25, 0.3) is 5.66 Å². The van der Waals surface area contributed by atoms with Crippen LogP contribution >= 0.6 is 9.24 Å². The monoisotopic (exact) mass is 406 g/mol. The molecule has 0 aliphatic rings. The molecule has 0 fully saturated rings. The van der Waals surface area contributed by atoms with Crippen molar-refractivity contribution in [2.24, 2.45) is 4.99 Å². The molecule has 150 valence electrons. The van der Waals surface area contributed by atoms with E-state index in [0.29, 0.717) is 11.1 Å². The van der Waals surface area contributed by atoms with E-state index in [1.807, 2.05) is 38.8 Å². The van der Waals surface area contributed by atoms with Gasteiger partial charge in [-0.3, -0.25) is 0 Å². The number of hydrogen-bond donors (Lipinski definition) is 0. The highest BCUT2D eigenvalue weighted by Gasteiger charge is 2.24. The topological polar surface area (TPSA) is 41.9 Å². The van der Waals surface area contributed by atoms with Gasteiger partial charge in [0, 0.05) is 19.2 Å². The van der Waals surface area contributed by atoms with Crippen LogP contribution < -0.4 is 0 Å². The Balaban J connectivity index is 2.13. The minimum Gasteiger partial charge on any atom is -0.457 e. The lowest BCUT2D eigenvalue weighted by Crippen LogP contribution is -2.14. The molecule has 1 unspecified atom stereocenters. The van der Waals surface area contributed by atoms with E-state index in [1.54, 1.807) is 18.5 Å². The Labute approximate surface area is 166 Å². The molecule has 2 rings (SSSR count). The predicted molar refractivity (Wildman–Crippen MR) is 112 cm³/mol. The minimum absolute atomic E-state index is 0.0763. The van der Waals surface area contributed by atoms with Gasteiger partial charge in [-0.2, -0.15) is 8.78 Å². The zero-order valence-corrected chi connectivity index (χ0v) is 17.7. The van der Waals surface area contributed by atoms with Crippen LogP contribution in [0.15, 0.2) is 41.4 Å². The van der Waals surface area contributed by atoms with Gasteiger partial charge < -0.3 is 9.64 Å². The molecule has 2 aromatic carbocycles. The number of hydrogen-bond acceptors (Lipinski definition) is 3. The lowest BCUT2D eigenvalue weighted by atomic mass is 10.0. The fraction of sp³-hybridized carbons (Fsp3) is 0.333. The summed E-state index contributed by atoms with van der Waals surface area (Å²) >= 11 is 0. The number of carbonyl (C=O) groups excluding carboxylic acids is 1. The van der Waals surface area contributed by atoms with Crippen molar-refractivity contribution in [3.8, 4) is 0 Å². The van der Waals surface area contributed by atoms with Crippen LogP contribution in [0.2, 0.25) is 0 Å². The van der Waals surface area contributed by atoms with Gasteiger partial charge in [-0.05, 0) is 55.7 Å². The molecule has 0 bridgehead atoms. The average molecular weight is 406 g/mol. The average Bonchev–Trinajstić information content (AvgIpc) is 2.65. The number of aliphatic imine (C=N–C) groups is 1. The van der Waals surface area contributed by atoms with E-state index in [4.69, 9.17) is 4.74 Å². The highest BCUT2D eigenvalue weighted by atomic mass is 31.0. The normalized spacial score (nSPS) is 11.7. The van der Waals surface area contributed by atoms with Gasteiger partial charge >= 0.3 is 5.97 Å². The standard InChI is InChI=1S/C21H25F2N2O2P/c1-5-25(4)13-24-19-10-14(2)18(9-15(19)3)20(26)27-12-16-7-6-8-17(11-16)21(22,23)28/h6-11,13H,5,12,28H2,1-4H3. The Kier molecular flexibility index (Phi) is 7.25. The summed E-state index contributed by atoms with van der Waals surface area (Å²) in [5, 5.41) is 0. The van der Waals surface area contributed by atoms with Gasteiger partial charge in [-0.15, -0.1) is 0 Å². The van der Waals surface area contributed by atoms with Crippen molar-refractivity contribution in [2.45, 2.75) is 33.0 Å². The second-order valence-electron chi connectivity index (χ2n) is 6.67. The number of rotatable bonds is 7. The molecular weight excluding hydrogens is 381 g/mol. The summed E-state index contributed by atoms with van der Waals surface area (Å²) in [5.41, 5.74) is 0.159. The van der Waals surface area contributed by atoms with Gasteiger partial charge in [0.05, 0.1) is 17.6 Å². The van der Waals surface area contributed by atoms with E-state index in [-0.39, 0.29) is 12.2 Å². The molecule has 0 N–H and O–H groups in total. The van der Waals surface area contributed by atoms with Crippen LogP contribution in [0.1, 0.15) is 39.5 Å². The minimum atomic E-state index is -3.02. The van der Waals surface area contributed by atoms with Crippen molar-refractivity contribution >= 4 is 27.2 Å². The van der Waals surface area contributed by atoms with Crippen LogP contribution in [-0.4, -0.2) is 30.8 Å². The maximum absolute atomic E-state index is 13.4. The smallest absolute Gasteiger partial charge is 0.338 e. The molecule has 0 aliphatic carbocycles. The molecule has 0 saturated heterocycles. The zero-order valence-electron chi connectivity index (χ0n) is 16.5. The molecule has 7 heteroatoms. The van der Waals surface area contributed by atoms with Crippen molar-refractivity contribution < 1.29 is 18.3 Å². The van der Waals surface area contributed by atoms with E-state index in [9.17, 15) is 13.6 Å². The molecule has 28 heavy (non-hydrogen) atoms. The summed E-state index contributed by atoms with van der Waals surface area (Å²) in [5.74, 6) is -0.496. The number of alkyl halides is 2. The van der Waals surface area contributed by atoms with Gasteiger partial charge in [0.15, 0.2) is 0 Å². The number of aryl methyl sites for hydroxylation is 2. The molecule has 4 nitrogen and oxygen atoms in total. The number of nitrogens with zero attached hydrogens (tertiary/aromatic N) is 2. The maximum Gasteiger partial charge on any atom is 0.338 e. The molecule has 0 amide bonds. The molecule has 0 heterocycles. The van der Waals surface area contributed by atoms with Gasteiger partial charge in [0.2, 0.25) is 0 Å². The third kappa shape index (κ3) is 5.83. The van der Waals surface area contributed by atoms with Crippen molar-refractivity contribution in [1.29, 1.82) is 0 Å². The zero-order chi connectivity index (χ0) is 20.9. The van der Waals surface area contributed by atoms with Crippen molar-refractivity contribution in [3.63, 3.8) is 0 Å². The number of halogens is 2. The van der Waals surface area contributed by atoms with Crippen LogP contribution in [0.3, 0.4) is 0 Å². The van der Waals surface area contributed by atoms with Crippen LogP contribution in [0, 0.1) is 13.8 Å². The van der Waals surface area contributed by atoms with Gasteiger partial charge in [-0.25, -0.2) is 9.79 Å². The molecule has 0 aromatic heterocycles. The highest BCUT2D eigenvalue weighted by molar-refractivity contribution is 7.17. The second kappa shape index (κ2) is 9.24. The highest BCUT2D eigenvalue weighted by Crippen LogP contribution is 2.35. The van der Waals surface area contributed by atoms with E-state index in [1.165, 1.54) is 27.4 Å². The first-order valence-corrected chi connectivity index (χ1v) is 9.48. The number of ether oxygens (including phenoxy) is 1. The summed E-state index contributed by atoms with van der Waals surface area (Å²) in [7, 11) is 3.43. The van der Waals surface area contributed by atoms with E-state index in [0.717, 1.165) is 23.4 Å². The Morgan fingerprint density at radius 1 is 1.25 bits per heavy atom. The summed E-state index contributed by atoms with van der Waals surface area (Å²) in [6, 6.07) is 9.41. The molecule has 0 radical (unpaired) electrons. The third-order valence-electron chi connectivity index (χ3n) is 4.34. The third-order valence-corrected chi connectivity index (χ3v) is 4.67. The quantitative estimate of drug-likeness (QED) is 0.275. The number of carbonyl (C=O) groups is 1. The lowest BCUT2D eigenvalue weighted by molar-refractivity contribution is 0.0471. The first-order chi connectivity index (χ1) is 13.1. The fourth-order valence-corrected chi connectivity index (χ4v) is 2.68. The number of esters is 1. The predicted octanol–water partition coefficient (Wildman–Crippen LogP) is 5.20. The van der Waals surface area contributed by atoms with E-state index < -0.39 is 11.6 Å². The van der Waals surface area contributed by atoms with Crippen LogP contribution in [0.5, 0.6) is 0 Å². The summed E-state index contributed by atoms with van der Waals surface area (Å²) in [6.07, 6.45) is 1.74. The first kappa shape index (κ1) is 22.0. The SMILES string of the molecule is CCN(C)C=Nc1cc(C)c(C(=O)OCc2cccc(C(F)(F)P)c2)cc1C. The van der Waals surface area contributed by atoms with Gasteiger partial charge in [-0.1, -0.05) is 27.4 Å². The van der Waals surface area contributed by atoms with Crippen molar-refractivity contribution in [1.82, 2.24) is 4.90 Å². The van der Waals surface area contributed by atoms with E-state index in [2.05, 4.69) is 4.99 Å². The van der Waals surface area contributed by atoms with Crippen LogP contribution in [0.4, 0.5) is 14.5 Å². The van der Waals surface area contributed by atoms with E-state index >= 15 is 0 Å². The Bertz CT molecular complexity index is 879. The molecule has 0 aliphatic heterocycles. The fourth-order valence-electron chi connectivity index (χ4n) is 2.50. The Hall–Kier alpha value is -2.33. The number of benzene rings is 2. The maximum atomic E-state index is 13.4. The van der Waals surface area contributed by atoms with Crippen LogP contribution in [0.25, 0.3) is 0 Å². The summed E-state index contributed by atoms with van der Waals surface area (Å²) in [4.78, 5) is 18.9.